The molecule has 0 aliphatic rings. The Hall–Kier alpha value is -2.82. The summed E-state index contributed by atoms with van der Waals surface area (Å²) >= 11 is 0. The highest BCUT2D eigenvalue weighted by Crippen LogP contribution is 2.14. The molecule has 2 amide bonds. The van der Waals surface area contributed by atoms with Gasteiger partial charge in [-0.25, -0.2) is 0 Å². The van der Waals surface area contributed by atoms with Crippen molar-refractivity contribution in [2.24, 2.45) is 5.73 Å². The Balaban J connectivity index is 2.03. The maximum absolute atomic E-state index is 12.1. The third kappa shape index (κ3) is 4.07. The lowest BCUT2D eigenvalue weighted by Crippen LogP contribution is -2.14. The van der Waals surface area contributed by atoms with E-state index >= 15 is 0 Å². The van der Waals surface area contributed by atoms with Crippen molar-refractivity contribution in [1.29, 1.82) is 0 Å². The van der Waals surface area contributed by atoms with Crippen molar-refractivity contribution >= 4 is 17.5 Å². The van der Waals surface area contributed by atoms with Gasteiger partial charge in [0.2, 0.25) is 5.91 Å². The largest absolute Gasteiger partial charge is 0.497 e. The molecule has 0 aliphatic carbocycles. The first-order valence-electron chi connectivity index (χ1n) is 6.41. The Kier molecular flexibility index (Phi) is 4.56. The molecule has 0 aromatic heterocycles. The molecule has 0 spiro atoms. The Labute approximate surface area is 122 Å². The van der Waals surface area contributed by atoms with Crippen LogP contribution >= 0.6 is 0 Å². The normalized spacial score (nSPS) is 9.95. The van der Waals surface area contributed by atoms with Gasteiger partial charge in [-0.3, -0.25) is 9.59 Å². The van der Waals surface area contributed by atoms with Crippen LogP contribution in [0.4, 0.5) is 5.69 Å². The van der Waals surface area contributed by atoms with Gasteiger partial charge in [0, 0.05) is 11.3 Å². The topological polar surface area (TPSA) is 81.4 Å². The van der Waals surface area contributed by atoms with Gasteiger partial charge >= 0.3 is 0 Å². The number of hydrogen-bond acceptors (Lipinski definition) is 3. The van der Waals surface area contributed by atoms with E-state index in [0.717, 1.165) is 5.56 Å². The molecule has 108 valence electrons. The van der Waals surface area contributed by atoms with Gasteiger partial charge in [0.15, 0.2) is 0 Å². The standard InChI is InChI=1S/C16H16N2O3/c1-21-14-8-4-12(5-9-14)16(20)18-13-6-2-11(3-7-13)10-15(17)19/h2-9H,10H2,1H3,(H2,17,19)(H,18,20). The molecule has 0 saturated carbocycles. The molecule has 2 aromatic carbocycles. The second-order valence-electron chi connectivity index (χ2n) is 4.52. The molecule has 0 unspecified atom stereocenters. The van der Waals surface area contributed by atoms with Crippen LogP contribution < -0.4 is 15.8 Å². The summed E-state index contributed by atoms with van der Waals surface area (Å²) in [5, 5.41) is 2.78. The van der Waals surface area contributed by atoms with Crippen molar-refractivity contribution in [3.05, 3.63) is 59.7 Å². The summed E-state index contributed by atoms with van der Waals surface area (Å²) in [4.78, 5) is 22.9. The number of benzene rings is 2. The van der Waals surface area contributed by atoms with Crippen LogP contribution in [0.15, 0.2) is 48.5 Å². The van der Waals surface area contributed by atoms with E-state index in [1.807, 2.05) is 0 Å². The lowest BCUT2D eigenvalue weighted by Gasteiger charge is -2.07. The van der Waals surface area contributed by atoms with E-state index in [1.165, 1.54) is 0 Å². The number of primary amides is 1. The molecule has 0 radical (unpaired) electrons. The molecule has 3 N–H and O–H groups in total. The highest BCUT2D eigenvalue weighted by Gasteiger charge is 2.06. The number of anilines is 1. The number of nitrogens with two attached hydrogens (primary N) is 1. The van der Waals surface area contributed by atoms with E-state index in [0.29, 0.717) is 17.0 Å². The van der Waals surface area contributed by atoms with Crippen LogP contribution in [-0.2, 0) is 11.2 Å². The molecule has 0 atom stereocenters. The van der Waals surface area contributed by atoms with Gasteiger partial charge in [0.05, 0.1) is 13.5 Å². The fourth-order valence-corrected chi connectivity index (χ4v) is 1.85. The number of carbonyl (C=O) groups excluding carboxylic acids is 2. The number of rotatable bonds is 5. The lowest BCUT2D eigenvalue weighted by atomic mass is 10.1. The summed E-state index contributed by atoms with van der Waals surface area (Å²) in [6, 6.07) is 13.8. The maximum Gasteiger partial charge on any atom is 0.255 e. The molecule has 21 heavy (non-hydrogen) atoms. The summed E-state index contributed by atoms with van der Waals surface area (Å²) in [5.74, 6) is 0.104. The Bertz CT molecular complexity index is 634. The van der Waals surface area contributed by atoms with E-state index in [4.69, 9.17) is 10.5 Å². The number of ether oxygens (including phenoxy) is 1. The minimum Gasteiger partial charge on any atom is -0.497 e. The van der Waals surface area contributed by atoms with Gasteiger partial charge in [-0.05, 0) is 42.0 Å². The quantitative estimate of drug-likeness (QED) is 0.880. The minimum atomic E-state index is -0.384. The SMILES string of the molecule is COc1ccc(C(=O)Nc2ccc(CC(N)=O)cc2)cc1. The maximum atomic E-state index is 12.1. The third-order valence-corrected chi connectivity index (χ3v) is 2.94. The predicted octanol–water partition coefficient (Wildman–Crippen LogP) is 1.98. The Morgan fingerprint density at radius 2 is 1.67 bits per heavy atom. The fraction of sp³-hybridized carbons (Fsp3) is 0.125. The molecular formula is C16H16N2O3. The average molecular weight is 284 g/mol. The second kappa shape index (κ2) is 6.56. The van der Waals surface area contributed by atoms with Crippen molar-refractivity contribution in [3.8, 4) is 5.75 Å². The average Bonchev–Trinajstić information content (AvgIpc) is 2.49. The molecule has 2 rings (SSSR count). The summed E-state index contributed by atoms with van der Waals surface area (Å²) in [6.07, 6.45) is 0.187. The van der Waals surface area contributed by atoms with E-state index in [9.17, 15) is 9.59 Å². The summed E-state index contributed by atoms with van der Waals surface area (Å²) < 4.78 is 5.04. The number of hydrogen-bond donors (Lipinski definition) is 2. The van der Waals surface area contributed by atoms with Crippen molar-refractivity contribution in [2.75, 3.05) is 12.4 Å². The number of nitrogens with one attached hydrogen (secondary N) is 1. The van der Waals surface area contributed by atoms with Gasteiger partial charge < -0.3 is 15.8 Å². The van der Waals surface area contributed by atoms with Crippen LogP contribution in [0, 0.1) is 0 Å². The first-order valence-corrected chi connectivity index (χ1v) is 6.41. The van der Waals surface area contributed by atoms with Crippen molar-refractivity contribution in [2.45, 2.75) is 6.42 Å². The lowest BCUT2D eigenvalue weighted by molar-refractivity contribution is -0.117. The van der Waals surface area contributed by atoms with E-state index in [2.05, 4.69) is 5.32 Å². The van der Waals surface area contributed by atoms with E-state index in [1.54, 1.807) is 55.6 Å². The molecule has 5 nitrogen and oxygen atoms in total. The molecular weight excluding hydrogens is 268 g/mol. The van der Waals surface area contributed by atoms with Gasteiger partial charge in [-0.1, -0.05) is 12.1 Å². The van der Waals surface area contributed by atoms with Crippen LogP contribution in [0.25, 0.3) is 0 Å². The van der Waals surface area contributed by atoms with Gasteiger partial charge in [-0.15, -0.1) is 0 Å². The van der Waals surface area contributed by atoms with Crippen LogP contribution in [0.5, 0.6) is 5.75 Å². The first-order chi connectivity index (χ1) is 10.1. The number of amides is 2. The minimum absolute atomic E-state index is 0.187. The highest BCUT2D eigenvalue weighted by atomic mass is 16.5. The summed E-state index contributed by atoms with van der Waals surface area (Å²) in [6.45, 7) is 0. The monoisotopic (exact) mass is 284 g/mol. The molecule has 0 saturated heterocycles. The summed E-state index contributed by atoms with van der Waals surface area (Å²) in [7, 11) is 1.57. The van der Waals surface area contributed by atoms with Crippen molar-refractivity contribution in [3.63, 3.8) is 0 Å². The third-order valence-electron chi connectivity index (χ3n) is 2.94. The van der Waals surface area contributed by atoms with E-state index < -0.39 is 0 Å². The van der Waals surface area contributed by atoms with Gasteiger partial charge in [-0.2, -0.15) is 0 Å². The molecule has 0 bridgehead atoms. The molecule has 5 heteroatoms. The Morgan fingerprint density at radius 3 is 2.19 bits per heavy atom. The summed E-state index contributed by atoms with van der Waals surface area (Å²) in [5.41, 5.74) is 7.13. The molecule has 2 aromatic rings. The molecule has 0 aliphatic heterocycles. The molecule has 0 heterocycles. The number of carbonyl (C=O) groups is 2. The van der Waals surface area contributed by atoms with Gasteiger partial charge in [0.1, 0.15) is 5.75 Å². The smallest absolute Gasteiger partial charge is 0.255 e. The second-order valence-corrected chi connectivity index (χ2v) is 4.52. The van der Waals surface area contributed by atoms with Crippen LogP contribution in [0.1, 0.15) is 15.9 Å². The highest BCUT2D eigenvalue weighted by molar-refractivity contribution is 6.04. The van der Waals surface area contributed by atoms with E-state index in [-0.39, 0.29) is 18.2 Å². The Morgan fingerprint density at radius 1 is 1.05 bits per heavy atom. The van der Waals surface area contributed by atoms with Crippen molar-refractivity contribution < 1.29 is 14.3 Å². The van der Waals surface area contributed by atoms with Crippen LogP contribution in [-0.4, -0.2) is 18.9 Å². The fourth-order valence-electron chi connectivity index (χ4n) is 1.85. The zero-order valence-corrected chi connectivity index (χ0v) is 11.6. The number of methoxy groups -OCH3 is 1. The predicted molar refractivity (Wildman–Crippen MR) is 80.3 cm³/mol. The van der Waals surface area contributed by atoms with Crippen LogP contribution in [0.3, 0.4) is 0 Å². The first kappa shape index (κ1) is 14.6. The van der Waals surface area contributed by atoms with Crippen molar-refractivity contribution in [1.82, 2.24) is 0 Å². The molecule has 0 fully saturated rings. The zero-order valence-electron chi connectivity index (χ0n) is 11.6. The van der Waals surface area contributed by atoms with Gasteiger partial charge in [0.25, 0.3) is 5.91 Å². The van der Waals surface area contributed by atoms with Crippen LogP contribution in [0.2, 0.25) is 0 Å². The zero-order chi connectivity index (χ0) is 15.2.